The van der Waals surface area contributed by atoms with Gasteiger partial charge in [0.05, 0.1) is 31.0 Å². The summed E-state index contributed by atoms with van der Waals surface area (Å²) in [5.74, 6) is 0.917. The van der Waals surface area contributed by atoms with Crippen molar-refractivity contribution >= 4 is 5.91 Å². The number of hydrogen-bond acceptors (Lipinski definition) is 3. The second kappa shape index (κ2) is 7.00. The first kappa shape index (κ1) is 16.3. The van der Waals surface area contributed by atoms with Crippen molar-refractivity contribution < 1.29 is 9.53 Å². The molecule has 0 bridgehead atoms. The third-order valence-electron chi connectivity index (χ3n) is 5.25. The highest BCUT2D eigenvalue weighted by atomic mass is 16.5. The van der Waals surface area contributed by atoms with E-state index in [0.717, 1.165) is 31.0 Å². The minimum Gasteiger partial charge on any atom is -0.382 e. The fourth-order valence-electron chi connectivity index (χ4n) is 3.74. The largest absolute Gasteiger partial charge is 0.382 e. The Labute approximate surface area is 148 Å². The van der Waals surface area contributed by atoms with Crippen LogP contribution in [0.5, 0.6) is 0 Å². The molecule has 5 heteroatoms. The van der Waals surface area contributed by atoms with E-state index in [1.54, 1.807) is 7.11 Å². The Morgan fingerprint density at radius 2 is 2.08 bits per heavy atom. The summed E-state index contributed by atoms with van der Waals surface area (Å²) in [7, 11) is 1.70. The molecule has 1 aliphatic heterocycles. The molecule has 2 aliphatic rings. The predicted molar refractivity (Wildman–Crippen MR) is 95.1 cm³/mol. The zero-order valence-electron chi connectivity index (χ0n) is 14.7. The molecule has 1 aromatic carbocycles. The standard InChI is InChI=1S/C20H25N3O2/c1-25-14-18-20-17(12-21-23(20)13-16-7-8-16)9-10-22(18)19(24)11-15-5-3-2-4-6-15/h2-6,12,16,18H,7-11,13-14H2,1H3. The molecule has 1 atom stereocenters. The van der Waals surface area contributed by atoms with Crippen LogP contribution in [0, 0.1) is 5.92 Å². The Hall–Kier alpha value is -2.14. The van der Waals surface area contributed by atoms with Crippen molar-refractivity contribution in [3.8, 4) is 0 Å². The van der Waals surface area contributed by atoms with Crippen molar-refractivity contribution in [1.82, 2.24) is 14.7 Å². The van der Waals surface area contributed by atoms with Crippen LogP contribution in [-0.4, -0.2) is 40.8 Å². The Kier molecular flexibility index (Phi) is 4.57. The van der Waals surface area contributed by atoms with E-state index in [0.29, 0.717) is 13.0 Å². The molecule has 0 saturated heterocycles. The minimum absolute atomic E-state index is 0.0359. The Morgan fingerprint density at radius 3 is 2.80 bits per heavy atom. The predicted octanol–water partition coefficient (Wildman–Crippen LogP) is 2.61. The van der Waals surface area contributed by atoms with Gasteiger partial charge >= 0.3 is 0 Å². The highest BCUT2D eigenvalue weighted by molar-refractivity contribution is 5.79. The van der Waals surface area contributed by atoms with Crippen LogP contribution in [0.1, 0.15) is 35.7 Å². The number of benzene rings is 1. The molecule has 2 heterocycles. The fraction of sp³-hybridized carbons (Fsp3) is 0.500. The van der Waals surface area contributed by atoms with Gasteiger partial charge in [-0.1, -0.05) is 30.3 Å². The average Bonchev–Trinajstić information content (AvgIpc) is 3.35. The van der Waals surface area contributed by atoms with Crippen LogP contribution in [-0.2, 0) is 28.9 Å². The number of aromatic nitrogens is 2. The topological polar surface area (TPSA) is 47.4 Å². The van der Waals surface area contributed by atoms with Crippen molar-refractivity contribution in [1.29, 1.82) is 0 Å². The number of nitrogens with zero attached hydrogens (tertiary/aromatic N) is 3. The molecule has 2 aromatic rings. The van der Waals surface area contributed by atoms with Gasteiger partial charge in [-0.3, -0.25) is 9.48 Å². The van der Waals surface area contributed by atoms with Gasteiger partial charge in [-0.05, 0) is 36.3 Å². The summed E-state index contributed by atoms with van der Waals surface area (Å²) >= 11 is 0. The maximum atomic E-state index is 13.0. The summed E-state index contributed by atoms with van der Waals surface area (Å²) in [5, 5.41) is 4.61. The molecule has 1 aromatic heterocycles. The average molecular weight is 339 g/mol. The van der Waals surface area contributed by atoms with Crippen molar-refractivity contribution in [2.45, 2.75) is 38.3 Å². The number of rotatable bonds is 6. The zero-order valence-corrected chi connectivity index (χ0v) is 14.7. The van der Waals surface area contributed by atoms with E-state index in [2.05, 4.69) is 9.78 Å². The summed E-state index contributed by atoms with van der Waals surface area (Å²) in [6.07, 6.45) is 5.88. The van der Waals surface area contributed by atoms with Crippen LogP contribution < -0.4 is 0 Å². The van der Waals surface area contributed by atoms with Crippen molar-refractivity contribution in [3.05, 3.63) is 53.3 Å². The van der Waals surface area contributed by atoms with E-state index in [1.165, 1.54) is 24.1 Å². The Balaban J connectivity index is 1.58. The summed E-state index contributed by atoms with van der Waals surface area (Å²) in [6, 6.07) is 9.92. The van der Waals surface area contributed by atoms with Crippen LogP contribution in [0.15, 0.2) is 36.5 Å². The van der Waals surface area contributed by atoms with Crippen LogP contribution in [0.3, 0.4) is 0 Å². The van der Waals surface area contributed by atoms with E-state index < -0.39 is 0 Å². The van der Waals surface area contributed by atoms with Gasteiger partial charge in [-0.15, -0.1) is 0 Å². The molecule has 132 valence electrons. The SMILES string of the molecule is COCC1c2c(cnn2CC2CC2)CCN1C(=O)Cc1ccccc1. The molecule has 0 spiro atoms. The molecule has 1 fully saturated rings. The van der Waals surface area contributed by atoms with Crippen molar-refractivity contribution in [2.24, 2.45) is 5.92 Å². The number of carbonyl (C=O) groups is 1. The zero-order chi connectivity index (χ0) is 17.2. The highest BCUT2D eigenvalue weighted by Gasteiger charge is 2.35. The van der Waals surface area contributed by atoms with E-state index in [1.807, 2.05) is 41.4 Å². The van der Waals surface area contributed by atoms with Crippen molar-refractivity contribution in [2.75, 3.05) is 20.3 Å². The van der Waals surface area contributed by atoms with E-state index in [9.17, 15) is 4.79 Å². The number of amides is 1. The Bertz CT molecular complexity index is 737. The second-order valence-electron chi connectivity index (χ2n) is 7.15. The Morgan fingerprint density at radius 1 is 1.28 bits per heavy atom. The third kappa shape index (κ3) is 3.47. The normalized spacial score (nSPS) is 19.7. The summed E-state index contributed by atoms with van der Waals surface area (Å²) in [4.78, 5) is 15.0. The maximum Gasteiger partial charge on any atom is 0.227 e. The van der Waals surface area contributed by atoms with E-state index >= 15 is 0 Å². The lowest BCUT2D eigenvalue weighted by Gasteiger charge is -2.36. The smallest absolute Gasteiger partial charge is 0.227 e. The van der Waals surface area contributed by atoms with Crippen molar-refractivity contribution in [3.63, 3.8) is 0 Å². The monoisotopic (exact) mass is 339 g/mol. The maximum absolute atomic E-state index is 13.0. The van der Waals surface area contributed by atoms with Gasteiger partial charge in [0.25, 0.3) is 0 Å². The van der Waals surface area contributed by atoms with Gasteiger partial charge in [-0.2, -0.15) is 5.10 Å². The molecule has 5 nitrogen and oxygen atoms in total. The van der Waals surface area contributed by atoms with Crippen LogP contribution in [0.2, 0.25) is 0 Å². The number of hydrogen-bond donors (Lipinski definition) is 0. The van der Waals surface area contributed by atoms with Gasteiger partial charge in [0.15, 0.2) is 0 Å². The first-order valence-corrected chi connectivity index (χ1v) is 9.13. The molecular weight excluding hydrogens is 314 g/mol. The van der Waals surface area contributed by atoms with Crippen LogP contribution >= 0.6 is 0 Å². The van der Waals surface area contributed by atoms with Gasteiger partial charge < -0.3 is 9.64 Å². The molecule has 0 N–H and O–H groups in total. The molecule has 1 saturated carbocycles. The molecule has 1 unspecified atom stereocenters. The quantitative estimate of drug-likeness (QED) is 0.813. The van der Waals surface area contributed by atoms with Gasteiger partial charge in [0.2, 0.25) is 5.91 Å². The number of ether oxygens (including phenoxy) is 1. The first-order valence-electron chi connectivity index (χ1n) is 9.13. The van der Waals surface area contributed by atoms with Gasteiger partial charge in [-0.25, -0.2) is 0 Å². The fourth-order valence-corrected chi connectivity index (χ4v) is 3.74. The molecule has 25 heavy (non-hydrogen) atoms. The van der Waals surface area contributed by atoms with E-state index in [4.69, 9.17) is 4.74 Å². The molecule has 1 amide bonds. The van der Waals surface area contributed by atoms with Gasteiger partial charge in [0, 0.05) is 20.2 Å². The second-order valence-corrected chi connectivity index (χ2v) is 7.15. The third-order valence-corrected chi connectivity index (χ3v) is 5.25. The minimum atomic E-state index is -0.0359. The van der Waals surface area contributed by atoms with E-state index in [-0.39, 0.29) is 11.9 Å². The summed E-state index contributed by atoms with van der Waals surface area (Å²) in [5.41, 5.74) is 3.51. The lowest BCUT2D eigenvalue weighted by molar-refractivity contribution is -0.134. The summed E-state index contributed by atoms with van der Waals surface area (Å²) in [6.45, 7) is 2.22. The molecular formula is C20H25N3O2. The number of carbonyl (C=O) groups excluding carboxylic acids is 1. The van der Waals surface area contributed by atoms with Crippen LogP contribution in [0.4, 0.5) is 0 Å². The first-order chi connectivity index (χ1) is 12.3. The molecule has 1 aliphatic carbocycles. The summed E-state index contributed by atoms with van der Waals surface area (Å²) < 4.78 is 7.60. The number of fused-ring (bicyclic) bond motifs is 1. The molecule has 4 rings (SSSR count). The lowest BCUT2D eigenvalue weighted by Crippen LogP contribution is -2.43. The van der Waals surface area contributed by atoms with Crippen LogP contribution in [0.25, 0.3) is 0 Å². The molecule has 0 radical (unpaired) electrons. The lowest BCUT2D eigenvalue weighted by atomic mass is 9.99. The van der Waals surface area contributed by atoms with Gasteiger partial charge in [0.1, 0.15) is 0 Å². The number of methoxy groups -OCH3 is 1. The highest BCUT2D eigenvalue weighted by Crippen LogP contribution is 2.35.